The lowest BCUT2D eigenvalue weighted by molar-refractivity contribution is 0.0926. The molecule has 1 heterocycles. The van der Waals surface area contributed by atoms with Crippen molar-refractivity contribution in [1.29, 1.82) is 0 Å². The first-order chi connectivity index (χ1) is 9.58. The number of halogens is 1. The van der Waals surface area contributed by atoms with Crippen molar-refractivity contribution < 1.29 is 9.18 Å². The molecule has 1 atom stereocenters. The molecule has 1 N–H and O–H groups in total. The smallest absolute Gasteiger partial charge is 0.254 e. The molecule has 0 aromatic heterocycles. The number of piperidine rings is 1. The lowest BCUT2D eigenvalue weighted by Gasteiger charge is -2.32. The van der Waals surface area contributed by atoms with Crippen molar-refractivity contribution in [1.82, 2.24) is 10.2 Å². The van der Waals surface area contributed by atoms with Crippen LogP contribution in [0.5, 0.6) is 0 Å². The van der Waals surface area contributed by atoms with E-state index >= 15 is 0 Å². The molecular formula is C16H23FN2O. The molecule has 0 saturated carbocycles. The molecular weight excluding hydrogens is 255 g/mol. The fourth-order valence-corrected chi connectivity index (χ4v) is 2.63. The summed E-state index contributed by atoms with van der Waals surface area (Å²) in [6.07, 6.45) is 3.75. The standard InChI is InChI=1S/C16H23FN2O/c1-12-6-7-14(15(17)10-12)16(20)18-11-13(2)19-8-4-3-5-9-19/h6-7,10,13H,3-5,8-9,11H2,1-2H3,(H,18,20). The number of aryl methyl sites for hydroxylation is 1. The topological polar surface area (TPSA) is 32.3 Å². The Bertz CT molecular complexity index is 470. The van der Waals surface area contributed by atoms with Crippen LogP contribution in [0.4, 0.5) is 4.39 Å². The van der Waals surface area contributed by atoms with E-state index in [0.29, 0.717) is 12.6 Å². The second-order valence-corrected chi connectivity index (χ2v) is 5.64. The Morgan fingerprint density at radius 1 is 1.35 bits per heavy atom. The molecule has 1 saturated heterocycles. The highest BCUT2D eigenvalue weighted by Crippen LogP contribution is 2.12. The minimum absolute atomic E-state index is 0.126. The van der Waals surface area contributed by atoms with E-state index in [1.807, 2.05) is 6.92 Å². The summed E-state index contributed by atoms with van der Waals surface area (Å²) in [7, 11) is 0. The van der Waals surface area contributed by atoms with E-state index in [1.165, 1.54) is 25.3 Å². The fraction of sp³-hybridized carbons (Fsp3) is 0.562. The quantitative estimate of drug-likeness (QED) is 0.918. The Hall–Kier alpha value is -1.42. The van der Waals surface area contributed by atoms with Crippen LogP contribution in [0.15, 0.2) is 18.2 Å². The number of amides is 1. The Balaban J connectivity index is 1.88. The first-order valence-electron chi connectivity index (χ1n) is 7.36. The van der Waals surface area contributed by atoms with Gasteiger partial charge in [0.25, 0.3) is 5.91 Å². The van der Waals surface area contributed by atoms with Crippen molar-refractivity contribution in [3.63, 3.8) is 0 Å². The number of rotatable bonds is 4. The van der Waals surface area contributed by atoms with Crippen molar-refractivity contribution in [2.75, 3.05) is 19.6 Å². The normalized spacial score (nSPS) is 17.8. The SMILES string of the molecule is Cc1ccc(C(=O)NCC(C)N2CCCCC2)c(F)c1. The predicted octanol–water partition coefficient (Wildman–Crippen LogP) is 2.74. The summed E-state index contributed by atoms with van der Waals surface area (Å²) >= 11 is 0. The maximum absolute atomic E-state index is 13.7. The number of benzene rings is 1. The summed E-state index contributed by atoms with van der Waals surface area (Å²) in [5.41, 5.74) is 0.946. The molecule has 20 heavy (non-hydrogen) atoms. The van der Waals surface area contributed by atoms with Crippen molar-refractivity contribution >= 4 is 5.91 Å². The second kappa shape index (κ2) is 6.84. The number of hydrogen-bond acceptors (Lipinski definition) is 2. The highest BCUT2D eigenvalue weighted by Gasteiger charge is 2.18. The van der Waals surface area contributed by atoms with E-state index in [9.17, 15) is 9.18 Å². The third-order valence-corrected chi connectivity index (χ3v) is 3.94. The van der Waals surface area contributed by atoms with Crippen LogP contribution in [-0.4, -0.2) is 36.5 Å². The summed E-state index contributed by atoms with van der Waals surface area (Å²) < 4.78 is 13.7. The molecule has 4 heteroatoms. The number of carbonyl (C=O) groups excluding carboxylic acids is 1. The lowest BCUT2D eigenvalue weighted by Crippen LogP contribution is -2.44. The zero-order valence-corrected chi connectivity index (χ0v) is 12.3. The molecule has 3 nitrogen and oxygen atoms in total. The molecule has 0 aliphatic carbocycles. The summed E-state index contributed by atoms with van der Waals surface area (Å²) in [5, 5.41) is 2.84. The highest BCUT2D eigenvalue weighted by atomic mass is 19.1. The van der Waals surface area contributed by atoms with Gasteiger partial charge in [0, 0.05) is 12.6 Å². The van der Waals surface area contributed by atoms with Crippen molar-refractivity contribution in [2.45, 2.75) is 39.2 Å². The predicted molar refractivity (Wildman–Crippen MR) is 78.4 cm³/mol. The van der Waals surface area contributed by atoms with Crippen LogP contribution in [0.3, 0.4) is 0 Å². The van der Waals surface area contributed by atoms with E-state index in [1.54, 1.807) is 12.1 Å². The average molecular weight is 278 g/mol. The Morgan fingerprint density at radius 3 is 2.70 bits per heavy atom. The monoisotopic (exact) mass is 278 g/mol. The number of hydrogen-bond donors (Lipinski definition) is 1. The van der Waals surface area contributed by atoms with Crippen LogP contribution in [-0.2, 0) is 0 Å². The summed E-state index contributed by atoms with van der Waals surface area (Å²) in [5.74, 6) is -0.778. The zero-order chi connectivity index (χ0) is 14.5. The van der Waals surface area contributed by atoms with Gasteiger partial charge in [-0.15, -0.1) is 0 Å². The average Bonchev–Trinajstić information content (AvgIpc) is 2.45. The van der Waals surface area contributed by atoms with Gasteiger partial charge in [-0.25, -0.2) is 4.39 Å². The number of carbonyl (C=O) groups is 1. The van der Waals surface area contributed by atoms with E-state index in [4.69, 9.17) is 0 Å². The molecule has 0 radical (unpaired) electrons. The molecule has 1 aliphatic heterocycles. The molecule has 1 unspecified atom stereocenters. The number of nitrogens with zero attached hydrogens (tertiary/aromatic N) is 1. The Labute approximate surface area is 120 Å². The summed E-state index contributed by atoms with van der Waals surface area (Å²) in [6.45, 7) is 6.66. The van der Waals surface area contributed by atoms with E-state index in [0.717, 1.165) is 18.7 Å². The van der Waals surface area contributed by atoms with Crippen LogP contribution < -0.4 is 5.32 Å². The van der Waals surface area contributed by atoms with Crippen LogP contribution in [0.25, 0.3) is 0 Å². The van der Waals surface area contributed by atoms with Crippen LogP contribution in [0, 0.1) is 12.7 Å². The Morgan fingerprint density at radius 2 is 2.05 bits per heavy atom. The van der Waals surface area contributed by atoms with E-state index < -0.39 is 5.82 Å². The van der Waals surface area contributed by atoms with Gasteiger partial charge in [0.1, 0.15) is 5.82 Å². The van der Waals surface area contributed by atoms with Crippen molar-refractivity contribution in [2.24, 2.45) is 0 Å². The van der Waals surface area contributed by atoms with Gasteiger partial charge in [0.2, 0.25) is 0 Å². The van der Waals surface area contributed by atoms with Gasteiger partial charge in [0.05, 0.1) is 5.56 Å². The van der Waals surface area contributed by atoms with Crippen LogP contribution in [0.1, 0.15) is 42.1 Å². The Kier molecular flexibility index (Phi) is 5.12. The van der Waals surface area contributed by atoms with E-state index in [2.05, 4.69) is 17.1 Å². The molecule has 0 spiro atoms. The third kappa shape index (κ3) is 3.79. The number of nitrogens with one attached hydrogen (secondary N) is 1. The van der Waals surface area contributed by atoms with Gasteiger partial charge in [-0.3, -0.25) is 9.69 Å². The largest absolute Gasteiger partial charge is 0.350 e. The molecule has 2 rings (SSSR count). The second-order valence-electron chi connectivity index (χ2n) is 5.64. The lowest BCUT2D eigenvalue weighted by atomic mass is 10.1. The minimum atomic E-state index is -0.451. The third-order valence-electron chi connectivity index (χ3n) is 3.94. The molecule has 0 bridgehead atoms. The number of likely N-dealkylation sites (tertiary alicyclic amines) is 1. The molecule has 1 aromatic carbocycles. The molecule has 110 valence electrons. The van der Waals surface area contributed by atoms with Crippen LogP contribution >= 0.6 is 0 Å². The van der Waals surface area contributed by atoms with Gasteiger partial charge in [-0.05, 0) is 57.5 Å². The van der Waals surface area contributed by atoms with Gasteiger partial charge in [0.15, 0.2) is 0 Å². The van der Waals surface area contributed by atoms with E-state index in [-0.39, 0.29) is 11.5 Å². The molecule has 1 aromatic rings. The molecule has 1 amide bonds. The van der Waals surface area contributed by atoms with Gasteiger partial charge in [-0.1, -0.05) is 12.5 Å². The fourth-order valence-electron chi connectivity index (χ4n) is 2.63. The van der Waals surface area contributed by atoms with Crippen molar-refractivity contribution in [3.8, 4) is 0 Å². The summed E-state index contributed by atoms with van der Waals surface area (Å²) in [6, 6.07) is 4.99. The van der Waals surface area contributed by atoms with Gasteiger partial charge >= 0.3 is 0 Å². The maximum Gasteiger partial charge on any atom is 0.254 e. The van der Waals surface area contributed by atoms with Crippen LogP contribution in [0.2, 0.25) is 0 Å². The molecule has 1 aliphatic rings. The first-order valence-corrected chi connectivity index (χ1v) is 7.36. The van der Waals surface area contributed by atoms with Gasteiger partial charge in [-0.2, -0.15) is 0 Å². The summed E-state index contributed by atoms with van der Waals surface area (Å²) in [4.78, 5) is 14.4. The first kappa shape index (κ1) is 15.0. The maximum atomic E-state index is 13.7. The highest BCUT2D eigenvalue weighted by molar-refractivity contribution is 5.94. The minimum Gasteiger partial charge on any atom is -0.350 e. The zero-order valence-electron chi connectivity index (χ0n) is 12.3. The van der Waals surface area contributed by atoms with Crippen molar-refractivity contribution in [3.05, 3.63) is 35.1 Å². The molecule has 1 fully saturated rings. The van der Waals surface area contributed by atoms with Gasteiger partial charge < -0.3 is 5.32 Å².